The van der Waals surface area contributed by atoms with E-state index in [2.05, 4.69) is 170 Å². The van der Waals surface area contributed by atoms with E-state index in [-0.39, 0.29) is 0 Å². The molecule has 218 valence electrons. The molecule has 0 radical (unpaired) electrons. The van der Waals surface area contributed by atoms with Crippen molar-refractivity contribution >= 4 is 74.6 Å². The molecule has 47 heavy (non-hydrogen) atoms. The molecule has 0 nitrogen and oxygen atoms in total. The second-order valence-corrected chi connectivity index (χ2v) is 13.4. The van der Waals surface area contributed by atoms with Crippen molar-refractivity contribution in [2.45, 2.75) is 0 Å². The molecule has 1 heteroatoms. The van der Waals surface area contributed by atoms with Crippen molar-refractivity contribution in [1.82, 2.24) is 0 Å². The molecule has 0 aliphatic heterocycles. The van der Waals surface area contributed by atoms with Gasteiger partial charge in [0.05, 0.1) is 0 Å². The first-order valence-corrected chi connectivity index (χ1v) is 17.0. The average molecular weight is 613 g/mol. The third-order valence-electron chi connectivity index (χ3n) is 9.87. The van der Waals surface area contributed by atoms with Gasteiger partial charge in [0.2, 0.25) is 0 Å². The van der Waals surface area contributed by atoms with Gasteiger partial charge in [0.25, 0.3) is 0 Å². The quantitative estimate of drug-likeness (QED) is 0.138. The largest absolute Gasteiger partial charge is 0.135 e. The summed E-state index contributed by atoms with van der Waals surface area (Å²) in [6.07, 6.45) is 0. The van der Waals surface area contributed by atoms with Crippen LogP contribution in [0.4, 0.5) is 0 Å². The fourth-order valence-electron chi connectivity index (χ4n) is 7.85. The number of hydrogen-bond donors (Lipinski definition) is 0. The molecule has 10 aromatic rings. The van der Waals surface area contributed by atoms with Gasteiger partial charge >= 0.3 is 0 Å². The highest BCUT2D eigenvalue weighted by atomic mass is 32.1. The summed E-state index contributed by atoms with van der Waals surface area (Å²) in [5.74, 6) is 0. The lowest BCUT2D eigenvalue weighted by molar-refractivity contribution is 1.66. The van der Waals surface area contributed by atoms with Gasteiger partial charge in [0.1, 0.15) is 0 Å². The number of hydrogen-bond acceptors (Lipinski definition) is 1. The van der Waals surface area contributed by atoms with Crippen molar-refractivity contribution < 1.29 is 0 Å². The highest BCUT2D eigenvalue weighted by molar-refractivity contribution is 7.26. The zero-order valence-electron chi connectivity index (χ0n) is 25.6. The van der Waals surface area contributed by atoms with E-state index in [0.717, 1.165) is 0 Å². The normalized spacial score (nSPS) is 11.8. The summed E-state index contributed by atoms with van der Waals surface area (Å²) in [4.78, 5) is 0. The molecule has 0 atom stereocenters. The third-order valence-corrected chi connectivity index (χ3v) is 11.1. The van der Waals surface area contributed by atoms with E-state index in [1.165, 1.54) is 96.6 Å². The Morgan fingerprint density at radius 3 is 1.57 bits per heavy atom. The Labute approximate surface area is 276 Å². The molecule has 9 aromatic carbocycles. The smallest absolute Gasteiger partial charge is 0.0440 e. The minimum atomic E-state index is 1.25. The van der Waals surface area contributed by atoms with Crippen LogP contribution in [0.25, 0.3) is 96.6 Å². The maximum absolute atomic E-state index is 2.38. The van der Waals surface area contributed by atoms with E-state index in [1.807, 2.05) is 11.3 Å². The lowest BCUT2D eigenvalue weighted by atomic mass is 9.83. The second kappa shape index (κ2) is 10.4. The minimum Gasteiger partial charge on any atom is -0.135 e. The molecule has 0 aliphatic rings. The van der Waals surface area contributed by atoms with Crippen LogP contribution >= 0.6 is 11.3 Å². The zero-order chi connectivity index (χ0) is 30.9. The average Bonchev–Trinajstić information content (AvgIpc) is 3.54. The molecule has 0 spiro atoms. The molecular formula is C46H28S. The molecule has 0 amide bonds. The lowest BCUT2D eigenvalue weighted by Crippen LogP contribution is -1.92. The van der Waals surface area contributed by atoms with Crippen molar-refractivity contribution in [2.75, 3.05) is 0 Å². The van der Waals surface area contributed by atoms with Crippen molar-refractivity contribution in [1.29, 1.82) is 0 Å². The van der Waals surface area contributed by atoms with Crippen molar-refractivity contribution in [3.8, 4) is 33.4 Å². The van der Waals surface area contributed by atoms with Gasteiger partial charge in [-0.2, -0.15) is 0 Å². The molecule has 0 aliphatic carbocycles. The predicted molar refractivity (Wildman–Crippen MR) is 206 cm³/mol. The maximum Gasteiger partial charge on any atom is 0.0440 e. The van der Waals surface area contributed by atoms with Gasteiger partial charge in [-0.15, -0.1) is 11.3 Å². The van der Waals surface area contributed by atoms with Gasteiger partial charge in [0, 0.05) is 20.2 Å². The van der Waals surface area contributed by atoms with E-state index >= 15 is 0 Å². The Morgan fingerprint density at radius 1 is 0.298 bits per heavy atom. The highest BCUT2D eigenvalue weighted by Gasteiger charge is 2.22. The van der Waals surface area contributed by atoms with Gasteiger partial charge in [0.15, 0.2) is 0 Å². The summed E-state index contributed by atoms with van der Waals surface area (Å²) in [5.41, 5.74) is 7.72. The molecule has 0 unspecified atom stereocenters. The summed E-state index contributed by atoms with van der Waals surface area (Å²) in [5, 5.41) is 12.9. The molecule has 1 aromatic heterocycles. The number of thiophene rings is 1. The van der Waals surface area contributed by atoms with E-state index in [9.17, 15) is 0 Å². The SMILES string of the molecule is c1ccc(-c2ccc(-c3c4ccccc4c(-c4cccc5c4ccc4ccccc45)c4ccccc34)c3c2sc2ccccc23)cc1. The van der Waals surface area contributed by atoms with E-state index < -0.39 is 0 Å². The van der Waals surface area contributed by atoms with Crippen LogP contribution in [-0.4, -0.2) is 0 Å². The van der Waals surface area contributed by atoms with Crippen molar-refractivity contribution in [3.05, 3.63) is 170 Å². The second-order valence-electron chi connectivity index (χ2n) is 12.4. The van der Waals surface area contributed by atoms with Crippen LogP contribution in [0.3, 0.4) is 0 Å². The van der Waals surface area contributed by atoms with Gasteiger partial charge < -0.3 is 0 Å². The summed E-state index contributed by atoms with van der Waals surface area (Å²) in [6.45, 7) is 0. The molecule has 0 saturated carbocycles. The zero-order valence-corrected chi connectivity index (χ0v) is 26.4. The number of benzene rings is 9. The van der Waals surface area contributed by atoms with Gasteiger partial charge in [-0.3, -0.25) is 0 Å². The monoisotopic (exact) mass is 612 g/mol. The van der Waals surface area contributed by atoms with Crippen molar-refractivity contribution in [3.63, 3.8) is 0 Å². The van der Waals surface area contributed by atoms with Crippen LogP contribution in [0.2, 0.25) is 0 Å². The fourth-order valence-corrected chi connectivity index (χ4v) is 9.11. The minimum absolute atomic E-state index is 1.25. The Bertz CT molecular complexity index is 2780. The van der Waals surface area contributed by atoms with Gasteiger partial charge in [-0.05, 0) is 82.5 Å². The summed E-state index contributed by atoms with van der Waals surface area (Å²) in [6, 6.07) is 62.6. The lowest BCUT2D eigenvalue weighted by Gasteiger charge is -2.20. The first-order chi connectivity index (χ1) is 23.3. The summed E-state index contributed by atoms with van der Waals surface area (Å²) < 4.78 is 2.66. The first kappa shape index (κ1) is 26.5. The molecule has 0 N–H and O–H groups in total. The number of rotatable bonds is 3. The Morgan fingerprint density at radius 2 is 0.851 bits per heavy atom. The Kier molecular flexibility index (Phi) is 5.85. The molecule has 1 heterocycles. The van der Waals surface area contributed by atoms with Crippen LogP contribution in [0.5, 0.6) is 0 Å². The molecule has 0 saturated heterocycles. The molecule has 0 fully saturated rings. The van der Waals surface area contributed by atoms with Crippen LogP contribution in [0, 0.1) is 0 Å². The highest BCUT2D eigenvalue weighted by Crippen LogP contribution is 2.50. The van der Waals surface area contributed by atoms with Crippen LogP contribution < -0.4 is 0 Å². The van der Waals surface area contributed by atoms with Crippen LogP contribution in [-0.2, 0) is 0 Å². The van der Waals surface area contributed by atoms with Crippen LogP contribution in [0.15, 0.2) is 170 Å². The molecule has 10 rings (SSSR count). The van der Waals surface area contributed by atoms with Gasteiger partial charge in [-0.1, -0.05) is 164 Å². The standard InChI is InChI=1S/C46H28S/c1-2-13-29(14-3-1)32-27-28-41(45-40-21-10-11-24-42(40)47-46(32)45)44-38-19-8-6-17-36(38)43(37-18-7-9-20-39(37)44)35-23-12-22-33-31-16-5-4-15-30(31)25-26-34(33)35/h1-28H. The molecular weight excluding hydrogens is 585 g/mol. The summed E-state index contributed by atoms with van der Waals surface area (Å²) >= 11 is 1.91. The number of fused-ring (bicyclic) bond motifs is 8. The van der Waals surface area contributed by atoms with Crippen LogP contribution in [0.1, 0.15) is 0 Å². The summed E-state index contributed by atoms with van der Waals surface area (Å²) in [7, 11) is 0. The topological polar surface area (TPSA) is 0 Å². The van der Waals surface area contributed by atoms with E-state index in [4.69, 9.17) is 0 Å². The predicted octanol–water partition coefficient (Wildman–Crippen LogP) is 13.7. The molecule has 0 bridgehead atoms. The first-order valence-electron chi connectivity index (χ1n) is 16.2. The third kappa shape index (κ3) is 3.94. The van der Waals surface area contributed by atoms with Gasteiger partial charge in [-0.25, -0.2) is 0 Å². The Balaban J connectivity index is 1.35. The van der Waals surface area contributed by atoms with Crippen molar-refractivity contribution in [2.24, 2.45) is 0 Å². The van der Waals surface area contributed by atoms with E-state index in [0.29, 0.717) is 0 Å². The Hall–Kier alpha value is -5.76. The fraction of sp³-hybridized carbons (Fsp3) is 0. The van der Waals surface area contributed by atoms with E-state index in [1.54, 1.807) is 0 Å². The maximum atomic E-state index is 2.38.